The van der Waals surface area contributed by atoms with Gasteiger partial charge in [0, 0.05) is 55.4 Å². The van der Waals surface area contributed by atoms with Crippen LogP contribution in [0.3, 0.4) is 0 Å². The molecule has 0 bridgehead atoms. The largest absolute Gasteiger partial charge is 0.369 e. The van der Waals surface area contributed by atoms with Gasteiger partial charge in [0.15, 0.2) is 0 Å². The van der Waals surface area contributed by atoms with Crippen LogP contribution in [0.5, 0.6) is 0 Å². The molecule has 3 heterocycles. The number of fused-ring (bicyclic) bond motifs is 1. The molecule has 1 saturated heterocycles. The van der Waals surface area contributed by atoms with Crippen LogP contribution < -0.4 is 15.1 Å². The maximum Gasteiger partial charge on any atom is 0.233 e. The average Bonchev–Trinajstić information content (AvgIpc) is 3.36. The van der Waals surface area contributed by atoms with E-state index in [1.165, 1.54) is 18.5 Å². The number of piperazine rings is 1. The van der Waals surface area contributed by atoms with Gasteiger partial charge in [-0.3, -0.25) is 9.69 Å². The average molecular weight is 393 g/mol. The van der Waals surface area contributed by atoms with Crippen molar-refractivity contribution in [2.75, 3.05) is 48.3 Å². The van der Waals surface area contributed by atoms with Crippen LogP contribution in [0.25, 0.3) is 0 Å². The molecule has 2 aliphatic heterocycles. The molecule has 2 aromatic rings. The van der Waals surface area contributed by atoms with E-state index in [9.17, 15) is 4.79 Å². The van der Waals surface area contributed by atoms with E-state index >= 15 is 0 Å². The molecule has 7 nitrogen and oxygen atoms in total. The van der Waals surface area contributed by atoms with Gasteiger partial charge in [-0.25, -0.2) is 4.98 Å². The van der Waals surface area contributed by atoms with Gasteiger partial charge in [-0.05, 0) is 44.2 Å². The number of carbonyl (C=O) groups excluding carboxylic acids is 1. The van der Waals surface area contributed by atoms with E-state index in [1.54, 1.807) is 6.20 Å². The number of nitrogens with zero attached hydrogens (tertiary/aromatic N) is 5. The monoisotopic (exact) mass is 392 g/mol. The highest BCUT2D eigenvalue weighted by atomic mass is 16.2. The molecule has 1 saturated carbocycles. The number of likely N-dealkylation sites (N-methyl/N-ethyl adjacent to an activating group) is 1. The second-order valence-electron chi connectivity index (χ2n) is 8.38. The molecule has 1 amide bonds. The molecule has 0 atom stereocenters. The van der Waals surface area contributed by atoms with Crippen molar-refractivity contribution in [3.8, 4) is 0 Å². The third-order valence-corrected chi connectivity index (χ3v) is 6.36. The molecular weight excluding hydrogens is 364 g/mol. The third kappa shape index (κ3) is 3.67. The summed E-state index contributed by atoms with van der Waals surface area (Å²) in [5.74, 6) is 1.51. The van der Waals surface area contributed by atoms with E-state index in [2.05, 4.69) is 51.4 Å². The number of aromatic nitrogens is 2. The summed E-state index contributed by atoms with van der Waals surface area (Å²) >= 11 is 0. The Morgan fingerprint density at radius 2 is 1.76 bits per heavy atom. The van der Waals surface area contributed by atoms with Crippen LogP contribution >= 0.6 is 0 Å². The number of amides is 1. The molecule has 29 heavy (non-hydrogen) atoms. The van der Waals surface area contributed by atoms with E-state index in [4.69, 9.17) is 4.98 Å². The number of anilines is 4. The number of hydrogen-bond donors (Lipinski definition) is 1. The highest BCUT2D eigenvalue weighted by Gasteiger charge is 2.36. The Labute approximate surface area is 171 Å². The molecule has 152 valence electrons. The highest BCUT2D eigenvalue weighted by molar-refractivity contribution is 6.00. The van der Waals surface area contributed by atoms with E-state index in [0.29, 0.717) is 18.4 Å². The van der Waals surface area contributed by atoms with Crippen molar-refractivity contribution >= 4 is 29.0 Å². The zero-order valence-corrected chi connectivity index (χ0v) is 17.0. The minimum absolute atomic E-state index is 0.162. The molecule has 1 aromatic heterocycles. The Bertz CT molecular complexity index is 885. The van der Waals surface area contributed by atoms with Crippen molar-refractivity contribution in [1.29, 1.82) is 0 Å². The first-order valence-corrected chi connectivity index (χ1v) is 10.7. The fourth-order valence-electron chi connectivity index (χ4n) is 4.65. The summed E-state index contributed by atoms with van der Waals surface area (Å²) in [7, 11) is 2.17. The molecule has 1 aromatic carbocycles. The van der Waals surface area contributed by atoms with Crippen molar-refractivity contribution in [1.82, 2.24) is 14.9 Å². The molecule has 0 unspecified atom stereocenters. The summed E-state index contributed by atoms with van der Waals surface area (Å²) in [6.45, 7) is 4.31. The van der Waals surface area contributed by atoms with Gasteiger partial charge in [-0.15, -0.1) is 0 Å². The predicted molar refractivity (Wildman–Crippen MR) is 115 cm³/mol. The van der Waals surface area contributed by atoms with E-state index in [0.717, 1.165) is 56.1 Å². The molecule has 7 heteroatoms. The van der Waals surface area contributed by atoms with Crippen LogP contribution in [-0.4, -0.2) is 60.0 Å². The summed E-state index contributed by atoms with van der Waals surface area (Å²) < 4.78 is 0. The lowest BCUT2D eigenvalue weighted by Crippen LogP contribution is -2.44. The molecule has 3 aliphatic rings. The minimum Gasteiger partial charge on any atom is -0.369 e. The first kappa shape index (κ1) is 18.4. The number of hydrogen-bond acceptors (Lipinski definition) is 6. The number of rotatable bonds is 4. The molecule has 1 aliphatic carbocycles. The smallest absolute Gasteiger partial charge is 0.233 e. The van der Waals surface area contributed by atoms with Gasteiger partial charge in [-0.2, -0.15) is 4.98 Å². The maximum atomic E-state index is 12.5. The maximum absolute atomic E-state index is 12.5. The van der Waals surface area contributed by atoms with Crippen molar-refractivity contribution in [3.63, 3.8) is 0 Å². The quantitative estimate of drug-likeness (QED) is 0.863. The number of carbonyl (C=O) groups is 1. The van der Waals surface area contributed by atoms with Gasteiger partial charge in [0.05, 0.1) is 6.42 Å². The first-order valence-electron chi connectivity index (χ1n) is 10.7. The molecular formula is C22H28N6O. The molecule has 2 fully saturated rings. The normalized spacial score (nSPS) is 20.4. The molecule has 0 radical (unpaired) electrons. The first-order chi connectivity index (χ1) is 14.2. The van der Waals surface area contributed by atoms with Crippen LogP contribution in [0.1, 0.15) is 31.2 Å². The Morgan fingerprint density at radius 1 is 1.03 bits per heavy atom. The summed E-state index contributed by atoms with van der Waals surface area (Å²) in [5.41, 5.74) is 3.15. The fraction of sp³-hybridized carbons (Fsp3) is 0.500. The molecule has 0 spiro atoms. The summed E-state index contributed by atoms with van der Waals surface area (Å²) in [6.07, 6.45) is 6.76. The Morgan fingerprint density at radius 3 is 2.48 bits per heavy atom. The zero-order valence-electron chi connectivity index (χ0n) is 17.0. The third-order valence-electron chi connectivity index (χ3n) is 6.36. The molecule has 1 N–H and O–H groups in total. The highest BCUT2D eigenvalue weighted by Crippen LogP contribution is 2.35. The van der Waals surface area contributed by atoms with Gasteiger partial charge in [0.2, 0.25) is 11.9 Å². The SMILES string of the molecule is CN1CCN(c2ccc(Nc3ncc4c(n3)N(C3CCCC3)C(=O)C4)cc2)CC1. The molecule has 5 rings (SSSR count). The van der Waals surface area contributed by atoms with Crippen LogP contribution in [0.2, 0.25) is 0 Å². The topological polar surface area (TPSA) is 64.6 Å². The predicted octanol–water partition coefficient (Wildman–Crippen LogP) is 2.80. The van der Waals surface area contributed by atoms with Gasteiger partial charge >= 0.3 is 0 Å². The van der Waals surface area contributed by atoms with E-state index in [1.807, 2.05) is 4.90 Å². The summed E-state index contributed by atoms with van der Waals surface area (Å²) in [6, 6.07) is 8.74. The Balaban J connectivity index is 1.31. The Kier molecular flexibility index (Phi) is 4.83. The second-order valence-corrected chi connectivity index (χ2v) is 8.38. The van der Waals surface area contributed by atoms with E-state index < -0.39 is 0 Å². The second kappa shape index (κ2) is 7.63. The number of benzene rings is 1. The van der Waals surface area contributed by atoms with Crippen molar-refractivity contribution < 1.29 is 4.79 Å². The van der Waals surface area contributed by atoms with Crippen molar-refractivity contribution in [3.05, 3.63) is 36.0 Å². The summed E-state index contributed by atoms with van der Waals surface area (Å²) in [5, 5.41) is 3.31. The van der Waals surface area contributed by atoms with Crippen LogP contribution in [-0.2, 0) is 11.2 Å². The lowest BCUT2D eigenvalue weighted by molar-refractivity contribution is -0.117. The lowest BCUT2D eigenvalue weighted by Gasteiger charge is -2.34. The van der Waals surface area contributed by atoms with Crippen LogP contribution in [0, 0.1) is 0 Å². The van der Waals surface area contributed by atoms with Crippen LogP contribution in [0.15, 0.2) is 30.5 Å². The van der Waals surface area contributed by atoms with Crippen LogP contribution in [0.4, 0.5) is 23.1 Å². The van der Waals surface area contributed by atoms with E-state index in [-0.39, 0.29) is 5.91 Å². The van der Waals surface area contributed by atoms with Gasteiger partial charge < -0.3 is 15.1 Å². The zero-order chi connectivity index (χ0) is 19.8. The lowest BCUT2D eigenvalue weighted by atomic mass is 10.2. The minimum atomic E-state index is 0.162. The van der Waals surface area contributed by atoms with Gasteiger partial charge in [-0.1, -0.05) is 12.8 Å². The Hall–Kier alpha value is -2.67. The van der Waals surface area contributed by atoms with Gasteiger partial charge in [0.1, 0.15) is 5.82 Å². The fourth-order valence-corrected chi connectivity index (χ4v) is 4.65. The van der Waals surface area contributed by atoms with Gasteiger partial charge in [0.25, 0.3) is 0 Å². The van der Waals surface area contributed by atoms with Crippen molar-refractivity contribution in [2.24, 2.45) is 0 Å². The number of nitrogens with one attached hydrogen (secondary N) is 1. The standard InChI is InChI=1S/C22H28N6O/c1-26-10-12-27(13-11-26)18-8-6-17(7-9-18)24-22-23-15-16-14-20(29)28(21(16)25-22)19-4-2-3-5-19/h6-9,15,19H,2-5,10-14H2,1H3,(H,23,24,25). The van der Waals surface area contributed by atoms with Crippen molar-refractivity contribution in [2.45, 2.75) is 38.1 Å². The summed E-state index contributed by atoms with van der Waals surface area (Å²) in [4.78, 5) is 28.4.